The van der Waals surface area contributed by atoms with Crippen LogP contribution >= 0.6 is 0 Å². The van der Waals surface area contributed by atoms with Gasteiger partial charge in [0.05, 0.1) is 12.6 Å². The van der Waals surface area contributed by atoms with Crippen molar-refractivity contribution in [3.05, 3.63) is 29.8 Å². The Morgan fingerprint density at radius 1 is 1.42 bits per heavy atom. The molecular weight excluding hydrogens is 240 g/mol. The molecule has 0 aromatic heterocycles. The molecule has 1 amide bonds. The molecule has 0 radical (unpaired) electrons. The number of benzene rings is 1. The van der Waals surface area contributed by atoms with Crippen molar-refractivity contribution in [2.45, 2.75) is 39.3 Å². The van der Waals surface area contributed by atoms with Gasteiger partial charge in [0, 0.05) is 5.69 Å². The first-order valence-electron chi connectivity index (χ1n) is 6.77. The highest BCUT2D eigenvalue weighted by Crippen LogP contribution is 2.30. The number of anilines is 1. The number of amides is 1. The van der Waals surface area contributed by atoms with Gasteiger partial charge in [0.15, 0.2) is 0 Å². The van der Waals surface area contributed by atoms with Crippen molar-refractivity contribution < 1.29 is 9.90 Å². The summed E-state index contributed by atoms with van der Waals surface area (Å²) in [6.45, 7) is 5.16. The van der Waals surface area contributed by atoms with Gasteiger partial charge < -0.3 is 15.7 Å². The molecule has 1 aliphatic heterocycles. The third-order valence-electron chi connectivity index (χ3n) is 3.79. The van der Waals surface area contributed by atoms with E-state index < -0.39 is 0 Å². The van der Waals surface area contributed by atoms with Crippen molar-refractivity contribution >= 4 is 11.6 Å². The number of carbonyl (C=O) groups excluding carboxylic acids is 1. The summed E-state index contributed by atoms with van der Waals surface area (Å²) in [6, 6.07) is 7.11. The maximum Gasteiger partial charge on any atom is 0.242 e. The molecule has 1 atom stereocenters. The normalized spacial score (nSPS) is 21.9. The number of rotatable bonds is 3. The van der Waals surface area contributed by atoms with E-state index in [4.69, 9.17) is 5.11 Å². The number of aliphatic hydroxyl groups is 1. The van der Waals surface area contributed by atoms with Gasteiger partial charge in [-0.15, -0.1) is 0 Å². The quantitative estimate of drug-likeness (QED) is 0.779. The van der Waals surface area contributed by atoms with E-state index in [2.05, 4.69) is 24.5 Å². The Bertz CT molecular complexity index is 440. The molecule has 104 valence electrons. The van der Waals surface area contributed by atoms with E-state index in [1.807, 2.05) is 24.3 Å². The van der Waals surface area contributed by atoms with Crippen LogP contribution in [0.4, 0.5) is 5.69 Å². The summed E-state index contributed by atoms with van der Waals surface area (Å²) in [5, 5.41) is 15.2. The van der Waals surface area contributed by atoms with Gasteiger partial charge in [-0.25, -0.2) is 0 Å². The SMILES string of the molecule is CC1(C)CCCNC1C(=O)Nc1ccc(CO)cc1. The van der Waals surface area contributed by atoms with Gasteiger partial charge in [-0.3, -0.25) is 4.79 Å². The van der Waals surface area contributed by atoms with Crippen molar-refractivity contribution in [3.8, 4) is 0 Å². The molecule has 1 aromatic carbocycles. The molecule has 1 unspecified atom stereocenters. The highest BCUT2D eigenvalue weighted by atomic mass is 16.3. The number of hydrogen-bond donors (Lipinski definition) is 3. The number of piperidine rings is 1. The van der Waals surface area contributed by atoms with Gasteiger partial charge in [0.25, 0.3) is 0 Å². The van der Waals surface area contributed by atoms with Crippen LogP contribution in [0.1, 0.15) is 32.3 Å². The second kappa shape index (κ2) is 5.72. The summed E-state index contributed by atoms with van der Waals surface area (Å²) in [6.07, 6.45) is 2.17. The Morgan fingerprint density at radius 2 is 2.11 bits per heavy atom. The molecule has 0 bridgehead atoms. The molecule has 1 aliphatic rings. The molecule has 1 saturated heterocycles. The minimum atomic E-state index is -0.154. The number of hydrogen-bond acceptors (Lipinski definition) is 3. The Kier molecular flexibility index (Phi) is 4.22. The highest BCUT2D eigenvalue weighted by molar-refractivity contribution is 5.95. The fraction of sp³-hybridized carbons (Fsp3) is 0.533. The van der Waals surface area contributed by atoms with Crippen LogP contribution in [0.3, 0.4) is 0 Å². The van der Waals surface area contributed by atoms with Crippen molar-refractivity contribution in [1.82, 2.24) is 5.32 Å². The van der Waals surface area contributed by atoms with E-state index in [-0.39, 0.29) is 24.0 Å². The third-order valence-corrected chi connectivity index (χ3v) is 3.79. The van der Waals surface area contributed by atoms with Gasteiger partial charge in [0.2, 0.25) is 5.91 Å². The summed E-state index contributed by atoms with van der Waals surface area (Å²) >= 11 is 0. The van der Waals surface area contributed by atoms with Crippen LogP contribution in [-0.2, 0) is 11.4 Å². The molecule has 19 heavy (non-hydrogen) atoms. The molecule has 0 spiro atoms. The van der Waals surface area contributed by atoms with E-state index in [9.17, 15) is 4.79 Å². The molecule has 1 aromatic rings. The number of aliphatic hydroxyl groups excluding tert-OH is 1. The summed E-state index contributed by atoms with van der Waals surface area (Å²) in [4.78, 5) is 12.3. The summed E-state index contributed by atoms with van der Waals surface area (Å²) in [5.74, 6) is 0.0152. The van der Waals surface area contributed by atoms with Gasteiger partial charge in [-0.2, -0.15) is 0 Å². The van der Waals surface area contributed by atoms with Gasteiger partial charge in [-0.1, -0.05) is 26.0 Å². The summed E-state index contributed by atoms with van der Waals surface area (Å²) in [5.41, 5.74) is 1.59. The lowest BCUT2D eigenvalue weighted by Gasteiger charge is -2.38. The molecule has 0 aliphatic carbocycles. The Morgan fingerprint density at radius 3 is 2.68 bits per heavy atom. The van der Waals surface area contributed by atoms with Crippen LogP contribution in [0.25, 0.3) is 0 Å². The average molecular weight is 262 g/mol. The highest BCUT2D eigenvalue weighted by Gasteiger charge is 2.36. The Hall–Kier alpha value is -1.39. The topological polar surface area (TPSA) is 61.4 Å². The average Bonchev–Trinajstić information content (AvgIpc) is 2.39. The lowest BCUT2D eigenvalue weighted by Crippen LogP contribution is -2.53. The van der Waals surface area contributed by atoms with Crippen molar-refractivity contribution in [2.75, 3.05) is 11.9 Å². The maximum atomic E-state index is 12.3. The molecule has 3 N–H and O–H groups in total. The fourth-order valence-corrected chi connectivity index (χ4v) is 2.57. The Labute approximate surface area is 114 Å². The first-order valence-corrected chi connectivity index (χ1v) is 6.77. The monoisotopic (exact) mass is 262 g/mol. The first-order chi connectivity index (χ1) is 9.03. The standard InChI is InChI=1S/C15H22N2O2/c1-15(2)8-3-9-16-13(15)14(19)17-12-6-4-11(10-18)5-7-12/h4-7,13,16,18H,3,8-10H2,1-2H3,(H,17,19). The Balaban J connectivity index is 2.03. The maximum absolute atomic E-state index is 12.3. The van der Waals surface area contributed by atoms with E-state index >= 15 is 0 Å². The zero-order chi connectivity index (χ0) is 13.9. The first kappa shape index (κ1) is 14.0. The zero-order valence-electron chi connectivity index (χ0n) is 11.6. The predicted octanol–water partition coefficient (Wildman–Crippen LogP) is 1.90. The minimum Gasteiger partial charge on any atom is -0.392 e. The van der Waals surface area contributed by atoms with Crippen LogP contribution in [0.5, 0.6) is 0 Å². The molecule has 0 saturated carbocycles. The summed E-state index contributed by atoms with van der Waals surface area (Å²) < 4.78 is 0. The van der Waals surface area contributed by atoms with Crippen LogP contribution < -0.4 is 10.6 Å². The number of nitrogens with one attached hydrogen (secondary N) is 2. The van der Waals surface area contributed by atoms with Gasteiger partial charge >= 0.3 is 0 Å². The zero-order valence-corrected chi connectivity index (χ0v) is 11.6. The van der Waals surface area contributed by atoms with Crippen LogP contribution in [-0.4, -0.2) is 23.6 Å². The van der Waals surface area contributed by atoms with E-state index in [0.717, 1.165) is 30.6 Å². The van der Waals surface area contributed by atoms with Crippen LogP contribution in [0.2, 0.25) is 0 Å². The smallest absolute Gasteiger partial charge is 0.242 e. The van der Waals surface area contributed by atoms with E-state index in [1.165, 1.54) is 0 Å². The largest absolute Gasteiger partial charge is 0.392 e. The third kappa shape index (κ3) is 3.33. The predicted molar refractivity (Wildman–Crippen MR) is 75.8 cm³/mol. The fourth-order valence-electron chi connectivity index (χ4n) is 2.57. The van der Waals surface area contributed by atoms with Crippen LogP contribution in [0.15, 0.2) is 24.3 Å². The van der Waals surface area contributed by atoms with Crippen molar-refractivity contribution in [2.24, 2.45) is 5.41 Å². The molecular formula is C15H22N2O2. The van der Waals surface area contributed by atoms with Gasteiger partial charge in [-0.05, 0) is 42.5 Å². The van der Waals surface area contributed by atoms with E-state index in [0.29, 0.717) is 0 Å². The molecule has 4 nitrogen and oxygen atoms in total. The van der Waals surface area contributed by atoms with Crippen molar-refractivity contribution in [1.29, 1.82) is 0 Å². The van der Waals surface area contributed by atoms with E-state index in [1.54, 1.807) is 0 Å². The molecule has 1 heterocycles. The van der Waals surface area contributed by atoms with Crippen LogP contribution in [0, 0.1) is 5.41 Å². The molecule has 2 rings (SSSR count). The molecule has 4 heteroatoms. The minimum absolute atomic E-state index is 0.0152. The second-order valence-corrected chi connectivity index (χ2v) is 5.82. The lowest BCUT2D eigenvalue weighted by atomic mass is 9.77. The van der Waals surface area contributed by atoms with Gasteiger partial charge in [0.1, 0.15) is 0 Å². The lowest BCUT2D eigenvalue weighted by molar-refractivity contribution is -0.121. The number of carbonyl (C=O) groups is 1. The molecule has 1 fully saturated rings. The van der Waals surface area contributed by atoms with Crippen molar-refractivity contribution in [3.63, 3.8) is 0 Å². The second-order valence-electron chi connectivity index (χ2n) is 5.82. The summed E-state index contributed by atoms with van der Waals surface area (Å²) in [7, 11) is 0.